The highest BCUT2D eigenvalue weighted by Crippen LogP contribution is 2.17. The van der Waals surface area contributed by atoms with Crippen LogP contribution in [-0.2, 0) is 6.42 Å². The zero-order valence-electron chi connectivity index (χ0n) is 5.85. The molecule has 11 heavy (non-hydrogen) atoms. The molecule has 2 nitrogen and oxygen atoms in total. The van der Waals surface area contributed by atoms with Crippen molar-refractivity contribution in [2.24, 2.45) is 5.73 Å². The number of rotatable bonds is 2. The first-order valence-electron chi connectivity index (χ1n) is 3.24. The van der Waals surface area contributed by atoms with Gasteiger partial charge in [0.05, 0.1) is 5.69 Å². The highest BCUT2D eigenvalue weighted by Gasteiger charge is 1.99. The van der Waals surface area contributed by atoms with Crippen LogP contribution in [-0.4, -0.2) is 11.5 Å². The van der Waals surface area contributed by atoms with Crippen molar-refractivity contribution in [3.8, 4) is 0 Å². The molecule has 0 radical (unpaired) electrons. The number of pyridine rings is 1. The maximum Gasteiger partial charge on any atom is 0.0558 e. The summed E-state index contributed by atoms with van der Waals surface area (Å²) in [6.45, 7) is 0.645. The SMILES string of the molecule is NCCc1ncc(I)cc1Br. The van der Waals surface area contributed by atoms with E-state index in [4.69, 9.17) is 5.73 Å². The summed E-state index contributed by atoms with van der Waals surface area (Å²) in [5.41, 5.74) is 6.44. The molecule has 0 atom stereocenters. The van der Waals surface area contributed by atoms with Crippen LogP contribution in [0.5, 0.6) is 0 Å². The van der Waals surface area contributed by atoms with Crippen molar-refractivity contribution in [2.75, 3.05) is 6.54 Å². The van der Waals surface area contributed by atoms with Gasteiger partial charge in [0, 0.05) is 20.7 Å². The zero-order chi connectivity index (χ0) is 8.27. The first-order valence-corrected chi connectivity index (χ1v) is 5.11. The third-order valence-corrected chi connectivity index (χ3v) is 2.54. The standard InChI is InChI=1S/C7H8BrIN2/c8-6-3-5(9)4-11-7(6)1-2-10/h3-4H,1-2,10H2. The first-order chi connectivity index (χ1) is 5.24. The molecule has 1 aromatic heterocycles. The van der Waals surface area contributed by atoms with E-state index in [1.165, 1.54) is 0 Å². The monoisotopic (exact) mass is 326 g/mol. The minimum absolute atomic E-state index is 0.645. The van der Waals surface area contributed by atoms with Crippen LogP contribution in [0.25, 0.3) is 0 Å². The molecule has 1 heterocycles. The van der Waals surface area contributed by atoms with Crippen LogP contribution in [0.2, 0.25) is 0 Å². The van der Waals surface area contributed by atoms with E-state index in [0.29, 0.717) is 6.54 Å². The van der Waals surface area contributed by atoms with Crippen molar-refractivity contribution in [1.29, 1.82) is 0 Å². The average Bonchev–Trinajstić information content (AvgIpc) is 1.95. The van der Waals surface area contributed by atoms with Gasteiger partial charge in [-0.05, 0) is 51.1 Å². The minimum Gasteiger partial charge on any atom is -0.330 e. The predicted octanol–water partition coefficient (Wildman–Crippen LogP) is 1.95. The smallest absolute Gasteiger partial charge is 0.0558 e. The Morgan fingerprint density at radius 1 is 1.64 bits per heavy atom. The van der Waals surface area contributed by atoms with Gasteiger partial charge in [-0.3, -0.25) is 4.98 Å². The second-order valence-electron chi connectivity index (χ2n) is 2.12. The van der Waals surface area contributed by atoms with Gasteiger partial charge in [0.2, 0.25) is 0 Å². The summed E-state index contributed by atoms with van der Waals surface area (Å²) in [5, 5.41) is 0. The van der Waals surface area contributed by atoms with E-state index in [2.05, 4.69) is 43.5 Å². The molecular formula is C7H8BrIN2. The third-order valence-electron chi connectivity index (χ3n) is 1.27. The first kappa shape index (κ1) is 9.41. The highest BCUT2D eigenvalue weighted by atomic mass is 127. The maximum absolute atomic E-state index is 5.40. The second-order valence-corrected chi connectivity index (χ2v) is 4.22. The van der Waals surface area contributed by atoms with E-state index in [1.54, 1.807) is 0 Å². The summed E-state index contributed by atoms with van der Waals surface area (Å²) >= 11 is 5.65. The fourth-order valence-electron chi connectivity index (χ4n) is 0.764. The van der Waals surface area contributed by atoms with Gasteiger partial charge in [-0.25, -0.2) is 0 Å². The van der Waals surface area contributed by atoms with Gasteiger partial charge in [0.25, 0.3) is 0 Å². The number of nitrogens with two attached hydrogens (primary N) is 1. The van der Waals surface area contributed by atoms with E-state index < -0.39 is 0 Å². The largest absolute Gasteiger partial charge is 0.330 e. The molecule has 0 spiro atoms. The van der Waals surface area contributed by atoms with Gasteiger partial charge < -0.3 is 5.73 Å². The quantitative estimate of drug-likeness (QED) is 0.844. The summed E-state index contributed by atoms with van der Waals surface area (Å²) in [5.74, 6) is 0. The second kappa shape index (κ2) is 4.37. The lowest BCUT2D eigenvalue weighted by Crippen LogP contribution is -2.05. The lowest BCUT2D eigenvalue weighted by atomic mass is 10.3. The average molecular weight is 327 g/mol. The molecule has 4 heteroatoms. The number of aromatic nitrogens is 1. The van der Waals surface area contributed by atoms with Crippen LogP contribution in [0.1, 0.15) is 5.69 Å². The molecule has 0 aliphatic heterocycles. The fraction of sp³-hybridized carbons (Fsp3) is 0.286. The van der Waals surface area contributed by atoms with Crippen LogP contribution >= 0.6 is 38.5 Å². The van der Waals surface area contributed by atoms with Gasteiger partial charge in [-0.15, -0.1) is 0 Å². The summed E-state index contributed by atoms with van der Waals surface area (Å²) in [6, 6.07) is 2.04. The van der Waals surface area contributed by atoms with Crippen molar-refractivity contribution in [3.05, 3.63) is 26.0 Å². The molecule has 0 aliphatic rings. The Hall–Kier alpha value is 0.320. The summed E-state index contributed by atoms with van der Waals surface area (Å²) in [6.07, 6.45) is 2.67. The topological polar surface area (TPSA) is 38.9 Å². The van der Waals surface area contributed by atoms with E-state index in [0.717, 1.165) is 20.2 Å². The van der Waals surface area contributed by atoms with Crippen molar-refractivity contribution < 1.29 is 0 Å². The molecule has 0 fully saturated rings. The molecule has 0 bridgehead atoms. The Kier molecular flexibility index (Phi) is 3.74. The Balaban J connectivity index is 2.90. The molecule has 2 N–H and O–H groups in total. The Labute approximate surface area is 87.9 Å². The zero-order valence-corrected chi connectivity index (χ0v) is 9.59. The fourth-order valence-corrected chi connectivity index (χ4v) is 2.19. The van der Waals surface area contributed by atoms with Gasteiger partial charge in [-0.1, -0.05) is 0 Å². The molecular weight excluding hydrogens is 319 g/mol. The number of halogens is 2. The summed E-state index contributed by atoms with van der Waals surface area (Å²) in [7, 11) is 0. The summed E-state index contributed by atoms with van der Waals surface area (Å²) < 4.78 is 2.19. The Morgan fingerprint density at radius 3 is 2.91 bits per heavy atom. The van der Waals surface area contributed by atoms with Crippen LogP contribution in [0, 0.1) is 3.57 Å². The van der Waals surface area contributed by atoms with Crippen molar-refractivity contribution >= 4 is 38.5 Å². The highest BCUT2D eigenvalue weighted by molar-refractivity contribution is 14.1. The maximum atomic E-state index is 5.40. The molecule has 0 saturated carbocycles. The van der Waals surface area contributed by atoms with Crippen LogP contribution in [0.15, 0.2) is 16.7 Å². The molecule has 0 amide bonds. The number of hydrogen-bond acceptors (Lipinski definition) is 2. The van der Waals surface area contributed by atoms with Crippen LogP contribution in [0.4, 0.5) is 0 Å². The van der Waals surface area contributed by atoms with Gasteiger partial charge in [0.1, 0.15) is 0 Å². The molecule has 0 saturated heterocycles. The molecule has 1 rings (SSSR count). The molecule has 0 aliphatic carbocycles. The van der Waals surface area contributed by atoms with Crippen molar-refractivity contribution in [3.63, 3.8) is 0 Å². The van der Waals surface area contributed by atoms with E-state index >= 15 is 0 Å². The minimum atomic E-state index is 0.645. The molecule has 60 valence electrons. The number of hydrogen-bond donors (Lipinski definition) is 1. The number of nitrogens with zero attached hydrogens (tertiary/aromatic N) is 1. The lowest BCUT2D eigenvalue weighted by molar-refractivity contribution is 0.914. The predicted molar refractivity (Wildman–Crippen MR) is 57.4 cm³/mol. The lowest BCUT2D eigenvalue weighted by Gasteiger charge is -2.00. The Morgan fingerprint density at radius 2 is 2.36 bits per heavy atom. The molecule has 0 aromatic carbocycles. The van der Waals surface area contributed by atoms with E-state index in [9.17, 15) is 0 Å². The van der Waals surface area contributed by atoms with Gasteiger partial charge in [0.15, 0.2) is 0 Å². The summed E-state index contributed by atoms with van der Waals surface area (Å²) in [4.78, 5) is 4.23. The van der Waals surface area contributed by atoms with Gasteiger partial charge in [-0.2, -0.15) is 0 Å². The molecule has 1 aromatic rings. The Bertz CT molecular complexity index is 252. The van der Waals surface area contributed by atoms with Crippen molar-refractivity contribution in [1.82, 2.24) is 4.98 Å². The van der Waals surface area contributed by atoms with Gasteiger partial charge >= 0.3 is 0 Å². The van der Waals surface area contributed by atoms with Crippen LogP contribution in [0.3, 0.4) is 0 Å². The van der Waals surface area contributed by atoms with E-state index in [1.807, 2.05) is 12.3 Å². The van der Waals surface area contributed by atoms with Crippen LogP contribution < -0.4 is 5.73 Å². The van der Waals surface area contributed by atoms with E-state index in [-0.39, 0.29) is 0 Å². The normalized spacial score (nSPS) is 10.1. The molecule has 0 unspecified atom stereocenters. The third kappa shape index (κ3) is 2.68. The van der Waals surface area contributed by atoms with Crippen molar-refractivity contribution in [2.45, 2.75) is 6.42 Å².